The molecule has 3 heterocycles. The molecule has 5 nitrogen and oxygen atoms in total. The van der Waals surface area contributed by atoms with Crippen molar-refractivity contribution in [2.75, 3.05) is 31.1 Å². The van der Waals surface area contributed by atoms with Crippen molar-refractivity contribution >= 4 is 44.3 Å². The minimum absolute atomic E-state index is 0.0439. The Hall–Kier alpha value is -1.18. The summed E-state index contributed by atoms with van der Waals surface area (Å²) in [6, 6.07) is 2.59. The second-order valence-electron chi connectivity index (χ2n) is 11.3. The molecule has 2 aromatic rings. The quantitative estimate of drug-likeness (QED) is 0.365. The minimum atomic E-state index is -0.454. The summed E-state index contributed by atoms with van der Waals surface area (Å²) in [6.07, 6.45) is 9.53. The normalized spacial score (nSPS) is 24.0. The van der Waals surface area contributed by atoms with Crippen LogP contribution in [-0.4, -0.2) is 53.2 Å². The van der Waals surface area contributed by atoms with Crippen molar-refractivity contribution in [1.82, 2.24) is 14.9 Å². The fourth-order valence-corrected chi connectivity index (χ4v) is 7.00. The highest BCUT2D eigenvalue weighted by Gasteiger charge is 2.38. The van der Waals surface area contributed by atoms with Gasteiger partial charge in [0.25, 0.3) is 0 Å². The van der Waals surface area contributed by atoms with Crippen LogP contribution in [0.4, 0.5) is 10.2 Å². The van der Waals surface area contributed by atoms with Crippen LogP contribution >= 0.6 is 27.5 Å². The van der Waals surface area contributed by atoms with E-state index in [9.17, 15) is 0 Å². The van der Waals surface area contributed by atoms with E-state index in [1.54, 1.807) is 6.07 Å². The Morgan fingerprint density at radius 1 is 1.11 bits per heavy atom. The zero-order valence-corrected chi connectivity index (χ0v) is 23.5. The van der Waals surface area contributed by atoms with E-state index in [1.807, 2.05) is 0 Å². The number of aromatic nitrogens is 2. The van der Waals surface area contributed by atoms with E-state index in [0.717, 1.165) is 63.6 Å². The zero-order valence-electron chi connectivity index (χ0n) is 21.1. The van der Waals surface area contributed by atoms with Crippen molar-refractivity contribution in [3.8, 4) is 6.01 Å². The first kappa shape index (κ1) is 25.5. The lowest BCUT2D eigenvalue weighted by molar-refractivity contribution is 0.0781. The van der Waals surface area contributed by atoms with E-state index < -0.39 is 5.82 Å². The molecule has 0 bridgehead atoms. The van der Waals surface area contributed by atoms with Crippen molar-refractivity contribution in [3.05, 3.63) is 21.4 Å². The lowest BCUT2D eigenvalue weighted by atomic mass is 9.65. The van der Waals surface area contributed by atoms with Crippen LogP contribution in [0.15, 0.2) is 10.5 Å². The molecule has 3 aliphatic rings. The van der Waals surface area contributed by atoms with Crippen molar-refractivity contribution in [2.45, 2.75) is 84.3 Å². The molecule has 8 heteroatoms. The molecule has 2 aliphatic heterocycles. The summed E-state index contributed by atoms with van der Waals surface area (Å²) in [5.41, 5.74) is 0.722. The summed E-state index contributed by atoms with van der Waals surface area (Å²) >= 11 is 9.66. The minimum Gasteiger partial charge on any atom is -0.460 e. The van der Waals surface area contributed by atoms with E-state index >= 15 is 4.39 Å². The van der Waals surface area contributed by atoms with Crippen LogP contribution in [0.1, 0.15) is 72.1 Å². The molecule has 35 heavy (non-hydrogen) atoms. The van der Waals surface area contributed by atoms with Gasteiger partial charge >= 0.3 is 6.01 Å². The van der Waals surface area contributed by atoms with Crippen LogP contribution in [0, 0.1) is 17.2 Å². The van der Waals surface area contributed by atoms with Crippen LogP contribution in [0.3, 0.4) is 0 Å². The maximum absolute atomic E-state index is 15.3. The summed E-state index contributed by atoms with van der Waals surface area (Å²) in [5.74, 6) is 1.10. The average Bonchev–Trinajstić information content (AvgIpc) is 2.84. The molecule has 5 rings (SSSR count). The molecule has 1 aromatic carbocycles. The van der Waals surface area contributed by atoms with Crippen LogP contribution in [0.2, 0.25) is 5.02 Å². The summed E-state index contributed by atoms with van der Waals surface area (Å²) in [4.78, 5) is 14.2. The number of likely N-dealkylation sites (tertiary alicyclic amines) is 1. The SMILES string of the molecule is CC1CCCC2(CCN(c3nc(OC4CCN(C(C)C)CC4)nc4c(F)c(Br)c(Cl)cc34)CC2)C1. The smallest absolute Gasteiger partial charge is 0.319 e. The van der Waals surface area contributed by atoms with Gasteiger partial charge in [0, 0.05) is 37.6 Å². The number of piperidine rings is 2. The summed E-state index contributed by atoms with van der Waals surface area (Å²) < 4.78 is 21.9. The summed E-state index contributed by atoms with van der Waals surface area (Å²) in [6.45, 7) is 10.7. The molecular formula is C27H37BrClFN4O. The van der Waals surface area contributed by atoms with Gasteiger partial charge in [-0.1, -0.05) is 31.4 Å². The highest BCUT2D eigenvalue weighted by atomic mass is 79.9. The van der Waals surface area contributed by atoms with E-state index in [-0.39, 0.29) is 22.1 Å². The molecule has 1 atom stereocenters. The molecule has 1 aliphatic carbocycles. The molecule has 0 radical (unpaired) electrons. The lowest BCUT2D eigenvalue weighted by Crippen LogP contribution is -2.43. The van der Waals surface area contributed by atoms with Crippen LogP contribution in [-0.2, 0) is 0 Å². The third kappa shape index (κ3) is 5.28. The van der Waals surface area contributed by atoms with E-state index in [4.69, 9.17) is 21.3 Å². The van der Waals surface area contributed by atoms with Crippen molar-refractivity contribution in [2.24, 2.45) is 11.3 Å². The molecule has 2 saturated heterocycles. The van der Waals surface area contributed by atoms with Crippen molar-refractivity contribution in [3.63, 3.8) is 0 Å². The van der Waals surface area contributed by atoms with Gasteiger partial charge in [-0.2, -0.15) is 9.97 Å². The number of ether oxygens (including phenoxy) is 1. The highest BCUT2D eigenvalue weighted by molar-refractivity contribution is 9.10. The van der Waals surface area contributed by atoms with Crippen LogP contribution in [0.5, 0.6) is 6.01 Å². The third-order valence-corrected chi connectivity index (χ3v) is 9.88. The van der Waals surface area contributed by atoms with Gasteiger partial charge in [-0.15, -0.1) is 0 Å². The van der Waals surface area contributed by atoms with Crippen LogP contribution in [0.25, 0.3) is 10.9 Å². The summed E-state index contributed by atoms with van der Waals surface area (Å²) in [7, 11) is 0. The number of halogens is 3. The van der Waals surface area contributed by atoms with E-state index in [1.165, 1.54) is 25.7 Å². The van der Waals surface area contributed by atoms with E-state index in [2.05, 4.69) is 51.5 Å². The molecule has 1 aromatic heterocycles. The maximum Gasteiger partial charge on any atom is 0.319 e. The van der Waals surface area contributed by atoms with E-state index in [0.29, 0.717) is 21.9 Å². The Kier molecular flexibility index (Phi) is 7.49. The average molecular weight is 568 g/mol. The Balaban J connectivity index is 1.42. The Morgan fingerprint density at radius 2 is 1.83 bits per heavy atom. The Morgan fingerprint density at radius 3 is 2.49 bits per heavy atom. The number of benzene rings is 1. The monoisotopic (exact) mass is 566 g/mol. The molecule has 3 fully saturated rings. The first-order chi connectivity index (χ1) is 16.7. The Bertz CT molecular complexity index is 1070. The van der Waals surface area contributed by atoms with Gasteiger partial charge in [0.05, 0.1) is 9.50 Å². The number of rotatable bonds is 4. The zero-order chi connectivity index (χ0) is 24.7. The third-order valence-electron chi connectivity index (χ3n) is 8.57. The lowest BCUT2D eigenvalue weighted by Gasteiger charge is -2.46. The van der Waals surface area contributed by atoms with Crippen molar-refractivity contribution < 1.29 is 9.13 Å². The molecule has 0 N–H and O–H groups in total. The first-order valence-electron chi connectivity index (χ1n) is 13.3. The molecule has 1 spiro atoms. The largest absolute Gasteiger partial charge is 0.460 e. The molecule has 0 amide bonds. The van der Waals surface area contributed by atoms with Gasteiger partial charge in [0.2, 0.25) is 0 Å². The molecule has 1 saturated carbocycles. The summed E-state index contributed by atoms with van der Waals surface area (Å²) in [5, 5.41) is 0.995. The number of nitrogens with zero attached hydrogens (tertiary/aromatic N) is 4. The molecular weight excluding hydrogens is 531 g/mol. The van der Waals surface area contributed by atoms with Crippen LogP contribution < -0.4 is 9.64 Å². The Labute approximate surface area is 221 Å². The highest BCUT2D eigenvalue weighted by Crippen LogP contribution is 2.48. The maximum atomic E-state index is 15.3. The second kappa shape index (κ2) is 10.3. The van der Waals surface area contributed by atoms with Gasteiger partial charge in [0.15, 0.2) is 5.82 Å². The second-order valence-corrected chi connectivity index (χ2v) is 12.5. The topological polar surface area (TPSA) is 41.5 Å². The van der Waals surface area contributed by atoms with Crippen molar-refractivity contribution in [1.29, 1.82) is 0 Å². The van der Waals surface area contributed by atoms with Gasteiger partial charge in [-0.25, -0.2) is 4.39 Å². The fraction of sp³-hybridized carbons (Fsp3) is 0.704. The van der Waals surface area contributed by atoms with Gasteiger partial charge in [-0.3, -0.25) is 0 Å². The molecule has 1 unspecified atom stereocenters. The number of hydrogen-bond acceptors (Lipinski definition) is 5. The predicted molar refractivity (Wildman–Crippen MR) is 144 cm³/mol. The standard InChI is InChI=1S/C27H37BrClFN4O/c1-17(2)33-11-6-19(7-12-33)35-26-31-24-20(15-21(29)22(28)23(24)30)25(32-26)34-13-9-27(10-14-34)8-4-5-18(3)16-27/h15,17-19H,4-14,16H2,1-3H3. The number of fused-ring (bicyclic) bond motifs is 1. The number of anilines is 1. The first-order valence-corrected chi connectivity index (χ1v) is 14.4. The van der Waals surface area contributed by atoms with Gasteiger partial charge < -0.3 is 14.5 Å². The van der Waals surface area contributed by atoms with Gasteiger partial charge in [-0.05, 0) is 85.7 Å². The van der Waals surface area contributed by atoms with Gasteiger partial charge in [0.1, 0.15) is 17.4 Å². The predicted octanol–water partition coefficient (Wildman–Crippen LogP) is 7.23. The number of hydrogen-bond donors (Lipinski definition) is 0. The fourth-order valence-electron chi connectivity index (χ4n) is 6.51. The molecule has 192 valence electrons.